The summed E-state index contributed by atoms with van der Waals surface area (Å²) in [6.45, 7) is 6.60. The molecule has 0 saturated carbocycles. The fourth-order valence-electron chi connectivity index (χ4n) is 2.67. The summed E-state index contributed by atoms with van der Waals surface area (Å²) in [6, 6.07) is 6.54. The van der Waals surface area contributed by atoms with Crippen molar-refractivity contribution in [2.24, 2.45) is 0 Å². The van der Waals surface area contributed by atoms with Crippen molar-refractivity contribution in [3.05, 3.63) is 33.8 Å². The number of rotatable bonds is 5. The van der Waals surface area contributed by atoms with Gasteiger partial charge < -0.3 is 5.32 Å². The van der Waals surface area contributed by atoms with E-state index in [1.54, 1.807) is 0 Å². The van der Waals surface area contributed by atoms with E-state index in [2.05, 4.69) is 23.2 Å². The number of nitrogens with one attached hydrogen (secondary N) is 1. The van der Waals surface area contributed by atoms with Gasteiger partial charge in [0.1, 0.15) is 0 Å². The first kappa shape index (κ1) is 15.1. The van der Waals surface area contributed by atoms with Crippen LogP contribution in [0.2, 0.25) is 10.0 Å². The molecule has 1 aromatic rings. The van der Waals surface area contributed by atoms with E-state index < -0.39 is 0 Å². The summed E-state index contributed by atoms with van der Waals surface area (Å²) in [5.74, 6) is 0. The van der Waals surface area contributed by atoms with E-state index in [9.17, 15) is 0 Å². The molecule has 0 aliphatic carbocycles. The standard InChI is InChI=1S/C15H22Cl2N2/c1-2-3-4-15(19-9-7-18-8-10-19)12-5-6-13(16)14(17)11-12/h5-6,11,15,18H,2-4,7-10H2,1H3/t15-/m0/s1. The number of hydrogen-bond acceptors (Lipinski definition) is 2. The summed E-state index contributed by atoms with van der Waals surface area (Å²) in [4.78, 5) is 2.56. The number of halogens is 2. The van der Waals surface area contributed by atoms with E-state index in [1.165, 1.54) is 24.8 Å². The molecule has 1 aliphatic heterocycles. The molecule has 1 aliphatic rings. The zero-order valence-corrected chi connectivity index (χ0v) is 13.0. The number of hydrogen-bond donors (Lipinski definition) is 1. The smallest absolute Gasteiger partial charge is 0.0595 e. The van der Waals surface area contributed by atoms with E-state index in [-0.39, 0.29) is 0 Å². The molecule has 1 aromatic carbocycles. The van der Waals surface area contributed by atoms with Gasteiger partial charge in [0, 0.05) is 32.2 Å². The number of piperazine rings is 1. The Morgan fingerprint density at radius 2 is 1.95 bits per heavy atom. The van der Waals surface area contributed by atoms with Gasteiger partial charge in [-0.05, 0) is 24.1 Å². The number of nitrogens with zero attached hydrogens (tertiary/aromatic N) is 1. The molecule has 1 atom stereocenters. The molecule has 2 nitrogen and oxygen atoms in total. The molecule has 0 amide bonds. The zero-order chi connectivity index (χ0) is 13.7. The maximum Gasteiger partial charge on any atom is 0.0595 e. The van der Waals surface area contributed by atoms with Crippen LogP contribution in [0.1, 0.15) is 37.8 Å². The predicted molar refractivity (Wildman–Crippen MR) is 83.2 cm³/mol. The van der Waals surface area contributed by atoms with E-state index in [1.807, 2.05) is 12.1 Å². The Bertz CT molecular complexity index is 403. The minimum absolute atomic E-state index is 0.469. The minimum Gasteiger partial charge on any atom is -0.314 e. The van der Waals surface area contributed by atoms with Crippen LogP contribution in [0.4, 0.5) is 0 Å². The lowest BCUT2D eigenvalue weighted by molar-refractivity contribution is 0.163. The van der Waals surface area contributed by atoms with E-state index >= 15 is 0 Å². The quantitative estimate of drug-likeness (QED) is 0.879. The first-order valence-electron chi connectivity index (χ1n) is 7.12. The monoisotopic (exact) mass is 300 g/mol. The number of benzene rings is 1. The fraction of sp³-hybridized carbons (Fsp3) is 0.600. The van der Waals surface area contributed by atoms with Gasteiger partial charge in [-0.15, -0.1) is 0 Å². The van der Waals surface area contributed by atoms with Crippen molar-refractivity contribution in [2.45, 2.75) is 32.2 Å². The van der Waals surface area contributed by atoms with Gasteiger partial charge in [-0.1, -0.05) is 49.0 Å². The molecule has 4 heteroatoms. The van der Waals surface area contributed by atoms with Crippen LogP contribution in [-0.2, 0) is 0 Å². The van der Waals surface area contributed by atoms with E-state index in [0.717, 1.165) is 26.2 Å². The number of unbranched alkanes of at least 4 members (excludes halogenated alkanes) is 1. The average molecular weight is 301 g/mol. The van der Waals surface area contributed by atoms with Gasteiger partial charge in [0.05, 0.1) is 10.0 Å². The van der Waals surface area contributed by atoms with E-state index in [4.69, 9.17) is 23.2 Å². The van der Waals surface area contributed by atoms with Crippen LogP contribution in [0, 0.1) is 0 Å². The van der Waals surface area contributed by atoms with Crippen molar-refractivity contribution in [2.75, 3.05) is 26.2 Å². The Labute approximate surface area is 126 Å². The van der Waals surface area contributed by atoms with Crippen LogP contribution in [-0.4, -0.2) is 31.1 Å². The lowest BCUT2D eigenvalue weighted by atomic mass is 9.99. The molecule has 19 heavy (non-hydrogen) atoms. The predicted octanol–water partition coefficient (Wildman–Crippen LogP) is 4.13. The molecule has 1 heterocycles. The van der Waals surface area contributed by atoms with Crippen LogP contribution >= 0.6 is 23.2 Å². The highest BCUT2D eigenvalue weighted by Crippen LogP contribution is 2.31. The highest BCUT2D eigenvalue weighted by atomic mass is 35.5. The molecule has 0 bridgehead atoms. The summed E-state index contributed by atoms with van der Waals surface area (Å²) < 4.78 is 0. The summed E-state index contributed by atoms with van der Waals surface area (Å²) >= 11 is 12.2. The Hall–Kier alpha value is -0.280. The zero-order valence-electron chi connectivity index (χ0n) is 11.5. The van der Waals surface area contributed by atoms with Crippen molar-refractivity contribution in [3.8, 4) is 0 Å². The van der Waals surface area contributed by atoms with E-state index in [0.29, 0.717) is 16.1 Å². The first-order chi connectivity index (χ1) is 9.22. The van der Waals surface area contributed by atoms with Crippen molar-refractivity contribution in [1.29, 1.82) is 0 Å². The summed E-state index contributed by atoms with van der Waals surface area (Å²) in [5, 5.41) is 4.71. The van der Waals surface area contributed by atoms with Gasteiger partial charge in [-0.25, -0.2) is 0 Å². The molecule has 1 fully saturated rings. The third-order valence-corrected chi connectivity index (χ3v) is 4.49. The Morgan fingerprint density at radius 1 is 1.21 bits per heavy atom. The summed E-state index contributed by atoms with van der Waals surface area (Å²) in [5.41, 5.74) is 1.30. The van der Waals surface area contributed by atoms with Gasteiger partial charge >= 0.3 is 0 Å². The SMILES string of the molecule is CCCC[C@@H](c1ccc(Cl)c(Cl)c1)N1CCNCC1. The second-order valence-corrected chi connectivity index (χ2v) is 5.93. The molecule has 0 spiro atoms. The van der Waals surface area contributed by atoms with Gasteiger partial charge in [-0.2, -0.15) is 0 Å². The third kappa shape index (κ3) is 4.09. The molecule has 0 unspecified atom stereocenters. The van der Waals surface area contributed by atoms with Gasteiger partial charge in [0.2, 0.25) is 0 Å². The molecule has 0 aromatic heterocycles. The molecular formula is C15H22Cl2N2. The molecular weight excluding hydrogens is 279 g/mol. The maximum absolute atomic E-state index is 6.17. The van der Waals surface area contributed by atoms with Crippen LogP contribution in [0.5, 0.6) is 0 Å². The lowest BCUT2D eigenvalue weighted by Gasteiger charge is -2.35. The van der Waals surface area contributed by atoms with Crippen LogP contribution in [0.15, 0.2) is 18.2 Å². The normalized spacial score (nSPS) is 18.5. The molecule has 1 N–H and O–H groups in total. The fourth-order valence-corrected chi connectivity index (χ4v) is 2.98. The summed E-state index contributed by atoms with van der Waals surface area (Å²) in [6.07, 6.45) is 3.66. The first-order valence-corrected chi connectivity index (χ1v) is 7.87. The van der Waals surface area contributed by atoms with Crippen molar-refractivity contribution < 1.29 is 0 Å². The Morgan fingerprint density at radius 3 is 2.58 bits per heavy atom. The highest BCUT2D eigenvalue weighted by Gasteiger charge is 2.22. The third-order valence-electron chi connectivity index (χ3n) is 3.75. The highest BCUT2D eigenvalue weighted by molar-refractivity contribution is 6.42. The van der Waals surface area contributed by atoms with Gasteiger partial charge in [0.25, 0.3) is 0 Å². The lowest BCUT2D eigenvalue weighted by Crippen LogP contribution is -2.45. The molecule has 1 saturated heterocycles. The summed E-state index contributed by atoms with van der Waals surface area (Å²) in [7, 11) is 0. The van der Waals surface area contributed by atoms with Crippen molar-refractivity contribution in [3.63, 3.8) is 0 Å². The largest absolute Gasteiger partial charge is 0.314 e. The average Bonchev–Trinajstić information content (AvgIpc) is 2.44. The Balaban J connectivity index is 2.17. The maximum atomic E-state index is 6.17. The molecule has 0 radical (unpaired) electrons. The van der Waals surface area contributed by atoms with Gasteiger partial charge in [-0.3, -0.25) is 4.90 Å². The second kappa shape index (κ2) is 7.49. The topological polar surface area (TPSA) is 15.3 Å². The van der Waals surface area contributed by atoms with Crippen molar-refractivity contribution in [1.82, 2.24) is 10.2 Å². The molecule has 2 rings (SSSR count). The minimum atomic E-state index is 0.469. The van der Waals surface area contributed by atoms with Crippen LogP contribution in [0.25, 0.3) is 0 Å². The molecule has 106 valence electrons. The van der Waals surface area contributed by atoms with Crippen LogP contribution < -0.4 is 5.32 Å². The Kier molecular flexibility index (Phi) is 5.96. The second-order valence-electron chi connectivity index (χ2n) is 5.12. The van der Waals surface area contributed by atoms with Crippen molar-refractivity contribution >= 4 is 23.2 Å². The van der Waals surface area contributed by atoms with Crippen LogP contribution in [0.3, 0.4) is 0 Å². The van der Waals surface area contributed by atoms with Gasteiger partial charge in [0.15, 0.2) is 0 Å².